The minimum Gasteiger partial charge on any atom is -0.435 e. The second-order valence-electron chi connectivity index (χ2n) is 8.21. The molecule has 3 rings (SSSR count). The molecule has 1 aromatic carbocycles. The first kappa shape index (κ1) is 28.5. The summed E-state index contributed by atoms with van der Waals surface area (Å²) in [6, 6.07) is 5.61. The van der Waals surface area contributed by atoms with Crippen LogP contribution in [0.3, 0.4) is 0 Å². The maximum atomic E-state index is 13.2. The number of hydrogen-bond donors (Lipinski definition) is 2. The van der Waals surface area contributed by atoms with E-state index in [0.29, 0.717) is 4.90 Å². The number of aliphatic hydroxyl groups excluding tert-OH is 1. The number of fused-ring (bicyclic) bond motifs is 1. The molecule has 1 aromatic rings. The van der Waals surface area contributed by atoms with Crippen LogP contribution in [0.25, 0.3) is 0 Å². The van der Waals surface area contributed by atoms with E-state index in [0.717, 1.165) is 0 Å². The topological polar surface area (TPSA) is 170 Å². The van der Waals surface area contributed by atoms with Crippen molar-refractivity contribution in [2.75, 3.05) is 32.6 Å². The van der Waals surface area contributed by atoms with Crippen LogP contribution in [0, 0.1) is 29.5 Å². The Morgan fingerprint density at radius 2 is 1.51 bits per heavy atom. The minimum absolute atomic E-state index is 0.0515. The first-order chi connectivity index (χ1) is 17.6. The van der Waals surface area contributed by atoms with Crippen LogP contribution >= 0.6 is 11.8 Å². The number of aliphatic hydroxyl groups is 1. The Labute approximate surface area is 215 Å². The SMILES string of the molecule is CCOC(=O)OCOC(=O)[C@H]1[C@H]2[C@@H]1[C@](N)(C(=O)OCOC(=O)OCC)C(CSc1ccc(F)cc1)[C@H]2O. The molecule has 1 unspecified atom stereocenters. The van der Waals surface area contributed by atoms with Gasteiger partial charge in [0, 0.05) is 28.4 Å². The van der Waals surface area contributed by atoms with Crippen molar-refractivity contribution in [1.29, 1.82) is 0 Å². The standard InChI is InChI=1S/C23H28FNO11S/c1-3-31-21(29)35-10-33-19(27)16-15-17(16)23(25,20(28)34-11-36-22(30)32-4-2)14(18(15)26)9-37-13-7-5-12(24)6-8-13/h5-8,14-18,26H,3-4,9-11,25H2,1-2H3/t14?,15-,16-,17-,18+,23-/m0/s1. The summed E-state index contributed by atoms with van der Waals surface area (Å²) in [6.45, 7) is 1.75. The zero-order chi connectivity index (χ0) is 27.2. The molecule has 3 N–H and O–H groups in total. The van der Waals surface area contributed by atoms with E-state index in [-0.39, 0.29) is 19.0 Å². The summed E-state index contributed by atoms with van der Waals surface area (Å²) in [5.74, 6) is -5.51. The average molecular weight is 546 g/mol. The van der Waals surface area contributed by atoms with Crippen LogP contribution in [0.2, 0.25) is 0 Å². The molecule has 37 heavy (non-hydrogen) atoms. The molecule has 0 saturated heterocycles. The van der Waals surface area contributed by atoms with Gasteiger partial charge >= 0.3 is 24.2 Å². The molecular weight excluding hydrogens is 517 g/mol. The number of halogens is 1. The molecule has 6 atom stereocenters. The first-order valence-corrected chi connectivity index (χ1v) is 12.4. The summed E-state index contributed by atoms with van der Waals surface area (Å²) in [5.41, 5.74) is 4.69. The normalized spacial score (nSPS) is 27.4. The highest BCUT2D eigenvalue weighted by molar-refractivity contribution is 7.99. The lowest BCUT2D eigenvalue weighted by atomic mass is 9.81. The van der Waals surface area contributed by atoms with E-state index >= 15 is 0 Å². The van der Waals surface area contributed by atoms with E-state index in [1.165, 1.54) is 36.0 Å². The van der Waals surface area contributed by atoms with Gasteiger partial charge in [0.15, 0.2) is 0 Å². The van der Waals surface area contributed by atoms with Crippen LogP contribution in [0.1, 0.15) is 13.8 Å². The lowest BCUT2D eigenvalue weighted by Crippen LogP contribution is -2.59. The second-order valence-corrected chi connectivity index (χ2v) is 9.30. The minimum atomic E-state index is -1.85. The molecule has 2 saturated carbocycles. The number of ether oxygens (including phenoxy) is 6. The quantitative estimate of drug-likeness (QED) is 0.179. The van der Waals surface area contributed by atoms with Gasteiger partial charge in [0.05, 0.1) is 25.2 Å². The van der Waals surface area contributed by atoms with E-state index in [1.807, 2.05) is 0 Å². The molecule has 2 aliphatic rings. The number of thioether (sulfide) groups is 1. The Balaban J connectivity index is 1.69. The van der Waals surface area contributed by atoms with Crippen molar-refractivity contribution in [1.82, 2.24) is 0 Å². The third-order valence-electron chi connectivity index (χ3n) is 6.19. The van der Waals surface area contributed by atoms with Gasteiger partial charge in [-0.15, -0.1) is 11.8 Å². The fourth-order valence-corrected chi connectivity index (χ4v) is 5.70. The van der Waals surface area contributed by atoms with Gasteiger partial charge in [-0.2, -0.15) is 0 Å². The summed E-state index contributed by atoms with van der Waals surface area (Å²) in [5, 5.41) is 11.0. The molecule has 0 spiro atoms. The van der Waals surface area contributed by atoms with Gasteiger partial charge in [0.25, 0.3) is 0 Å². The lowest BCUT2D eigenvalue weighted by Gasteiger charge is -2.34. The van der Waals surface area contributed by atoms with Crippen molar-refractivity contribution >= 4 is 36.0 Å². The van der Waals surface area contributed by atoms with Crippen LogP contribution < -0.4 is 5.73 Å². The zero-order valence-corrected chi connectivity index (χ0v) is 20.9. The molecule has 0 bridgehead atoms. The summed E-state index contributed by atoms with van der Waals surface area (Å²) in [4.78, 5) is 49.0. The molecule has 0 heterocycles. The van der Waals surface area contributed by atoms with Crippen molar-refractivity contribution in [3.05, 3.63) is 30.1 Å². The zero-order valence-electron chi connectivity index (χ0n) is 20.1. The van der Waals surface area contributed by atoms with Crippen LogP contribution in [0.15, 0.2) is 29.2 Å². The predicted octanol–water partition coefficient (Wildman–Crippen LogP) is 1.82. The van der Waals surface area contributed by atoms with Gasteiger partial charge in [0.1, 0.15) is 11.4 Å². The molecule has 204 valence electrons. The van der Waals surface area contributed by atoms with Crippen molar-refractivity contribution in [3.8, 4) is 0 Å². The Bertz CT molecular complexity index is 993. The number of esters is 2. The lowest BCUT2D eigenvalue weighted by molar-refractivity contribution is -0.165. The van der Waals surface area contributed by atoms with Crippen molar-refractivity contribution in [2.24, 2.45) is 29.4 Å². The fraction of sp³-hybridized carbons (Fsp3) is 0.565. The number of rotatable bonds is 11. The van der Waals surface area contributed by atoms with Crippen LogP contribution in [0.5, 0.6) is 0 Å². The van der Waals surface area contributed by atoms with Crippen LogP contribution in [0.4, 0.5) is 14.0 Å². The highest BCUT2D eigenvalue weighted by Gasteiger charge is 2.78. The molecule has 2 aliphatic carbocycles. The van der Waals surface area contributed by atoms with Gasteiger partial charge < -0.3 is 39.3 Å². The van der Waals surface area contributed by atoms with E-state index in [9.17, 15) is 28.7 Å². The Hall–Kier alpha value is -3.10. The van der Waals surface area contributed by atoms with Gasteiger partial charge in [-0.25, -0.2) is 18.8 Å². The largest absolute Gasteiger partial charge is 0.511 e. The summed E-state index contributed by atoms with van der Waals surface area (Å²) in [6.07, 6.45) is -3.27. The van der Waals surface area contributed by atoms with E-state index < -0.39 is 79.0 Å². The van der Waals surface area contributed by atoms with Crippen LogP contribution in [-0.2, 0) is 38.0 Å². The van der Waals surface area contributed by atoms with Gasteiger partial charge in [-0.1, -0.05) is 0 Å². The van der Waals surface area contributed by atoms with Crippen molar-refractivity contribution < 1.29 is 57.1 Å². The average Bonchev–Trinajstić information content (AvgIpc) is 3.57. The molecule has 2 fully saturated rings. The molecule has 0 aliphatic heterocycles. The number of hydrogen-bond acceptors (Lipinski definition) is 13. The number of benzene rings is 1. The Kier molecular flexibility index (Phi) is 9.56. The number of nitrogens with two attached hydrogens (primary N) is 1. The summed E-state index contributed by atoms with van der Waals surface area (Å²) in [7, 11) is 0. The fourth-order valence-electron chi connectivity index (χ4n) is 4.52. The summed E-state index contributed by atoms with van der Waals surface area (Å²) < 4.78 is 41.7. The molecule has 0 amide bonds. The molecule has 12 nitrogen and oxygen atoms in total. The van der Waals surface area contributed by atoms with E-state index in [4.69, 9.17) is 15.2 Å². The Morgan fingerprint density at radius 3 is 2.08 bits per heavy atom. The number of carbonyl (C=O) groups excluding carboxylic acids is 4. The van der Waals surface area contributed by atoms with Crippen molar-refractivity contribution in [2.45, 2.75) is 30.4 Å². The first-order valence-electron chi connectivity index (χ1n) is 11.4. The molecule has 0 radical (unpaired) electrons. The highest BCUT2D eigenvalue weighted by Crippen LogP contribution is 2.64. The van der Waals surface area contributed by atoms with Gasteiger partial charge in [0.2, 0.25) is 13.6 Å². The molecule has 14 heteroatoms. The Morgan fingerprint density at radius 1 is 0.946 bits per heavy atom. The van der Waals surface area contributed by atoms with Crippen molar-refractivity contribution in [3.63, 3.8) is 0 Å². The van der Waals surface area contributed by atoms with E-state index in [2.05, 4.69) is 18.9 Å². The highest BCUT2D eigenvalue weighted by atomic mass is 32.2. The van der Waals surface area contributed by atoms with Gasteiger partial charge in [-0.3, -0.25) is 4.79 Å². The number of carbonyl (C=O) groups is 4. The molecule has 0 aromatic heterocycles. The molecular formula is C23H28FNO11S. The maximum Gasteiger partial charge on any atom is 0.511 e. The predicted molar refractivity (Wildman–Crippen MR) is 122 cm³/mol. The third-order valence-corrected chi connectivity index (χ3v) is 7.32. The maximum absolute atomic E-state index is 13.2. The third kappa shape index (κ3) is 6.43. The van der Waals surface area contributed by atoms with Gasteiger partial charge in [-0.05, 0) is 38.1 Å². The summed E-state index contributed by atoms with van der Waals surface area (Å²) >= 11 is 1.23. The van der Waals surface area contributed by atoms with E-state index in [1.54, 1.807) is 13.8 Å². The monoisotopic (exact) mass is 545 g/mol. The smallest absolute Gasteiger partial charge is 0.435 e. The van der Waals surface area contributed by atoms with Crippen LogP contribution in [-0.4, -0.2) is 73.6 Å². The second kappa shape index (κ2) is 12.4.